The largest absolute Gasteiger partial charge is 0.392 e. The number of sulfone groups is 1. The number of β-amino-alcohol motifs (C(OH)–C–C–N with tert-alkyl or cyclic N) is 2. The molecule has 0 aromatic heterocycles. The second-order valence-corrected chi connectivity index (χ2v) is 8.48. The zero-order chi connectivity index (χ0) is 15.6. The summed E-state index contributed by atoms with van der Waals surface area (Å²) in [5.74, 6) is 0.347. The summed E-state index contributed by atoms with van der Waals surface area (Å²) in [4.78, 5) is 4.25. The number of aliphatic hydroxyl groups is 2. The highest BCUT2D eigenvalue weighted by molar-refractivity contribution is 7.91. The third-order valence-electron chi connectivity index (χ3n) is 4.74. The third-order valence-corrected chi connectivity index (χ3v) is 6.44. The first kappa shape index (κ1) is 17.1. The van der Waals surface area contributed by atoms with Gasteiger partial charge in [0.05, 0.1) is 23.7 Å². The molecule has 7 heteroatoms. The van der Waals surface area contributed by atoms with Crippen LogP contribution in [-0.4, -0.2) is 90.4 Å². The molecule has 6 nitrogen and oxygen atoms in total. The van der Waals surface area contributed by atoms with Gasteiger partial charge >= 0.3 is 0 Å². The van der Waals surface area contributed by atoms with Crippen molar-refractivity contribution in [1.82, 2.24) is 9.80 Å². The minimum Gasteiger partial charge on any atom is -0.392 e. The van der Waals surface area contributed by atoms with E-state index >= 15 is 0 Å². The van der Waals surface area contributed by atoms with Crippen molar-refractivity contribution >= 4 is 9.84 Å². The Morgan fingerprint density at radius 3 is 1.67 bits per heavy atom. The van der Waals surface area contributed by atoms with Gasteiger partial charge in [-0.15, -0.1) is 0 Å². The molecule has 0 saturated carbocycles. The highest BCUT2D eigenvalue weighted by Gasteiger charge is 2.46. The van der Waals surface area contributed by atoms with E-state index in [1.54, 1.807) is 0 Å². The van der Waals surface area contributed by atoms with Gasteiger partial charge in [-0.1, -0.05) is 13.8 Å². The third kappa shape index (κ3) is 4.16. The first-order valence-corrected chi connectivity index (χ1v) is 9.73. The minimum absolute atomic E-state index is 0.0472. The first-order valence-electron chi connectivity index (χ1n) is 7.91. The standard InChI is InChI=1S/C14H28N2O4S/c1-3-11(17)7-15-5-6-16(8-12(18)4-2)14-10-21(19,20)9-13(14)15/h11-14,17-18H,3-10H2,1-2H3. The van der Waals surface area contributed by atoms with Crippen LogP contribution in [-0.2, 0) is 9.84 Å². The molecule has 0 aromatic rings. The molecule has 2 fully saturated rings. The zero-order valence-corrected chi connectivity index (χ0v) is 13.8. The summed E-state index contributed by atoms with van der Waals surface area (Å²) in [7, 11) is -3.03. The van der Waals surface area contributed by atoms with Crippen LogP contribution >= 0.6 is 0 Å². The molecule has 21 heavy (non-hydrogen) atoms. The molecule has 2 aliphatic rings. The zero-order valence-electron chi connectivity index (χ0n) is 13.0. The van der Waals surface area contributed by atoms with Crippen molar-refractivity contribution < 1.29 is 18.6 Å². The number of hydrogen-bond acceptors (Lipinski definition) is 6. The molecule has 2 heterocycles. The summed E-state index contributed by atoms with van der Waals surface area (Å²) in [6.07, 6.45) is 0.557. The molecule has 2 aliphatic heterocycles. The van der Waals surface area contributed by atoms with E-state index in [1.807, 2.05) is 13.8 Å². The maximum absolute atomic E-state index is 12.0. The van der Waals surface area contributed by atoms with E-state index in [4.69, 9.17) is 0 Å². The van der Waals surface area contributed by atoms with Crippen LogP contribution in [0.2, 0.25) is 0 Å². The molecule has 4 atom stereocenters. The van der Waals surface area contributed by atoms with Crippen molar-refractivity contribution in [2.75, 3.05) is 37.7 Å². The maximum atomic E-state index is 12.0. The van der Waals surface area contributed by atoms with Crippen LogP contribution in [0, 0.1) is 0 Å². The van der Waals surface area contributed by atoms with Gasteiger partial charge < -0.3 is 10.2 Å². The molecule has 124 valence electrons. The van der Waals surface area contributed by atoms with Crippen molar-refractivity contribution in [3.63, 3.8) is 0 Å². The number of nitrogens with zero attached hydrogens (tertiary/aromatic N) is 2. The van der Waals surface area contributed by atoms with Crippen LogP contribution < -0.4 is 0 Å². The second-order valence-electron chi connectivity index (χ2n) is 6.33. The Hall–Kier alpha value is -0.210. The summed E-state index contributed by atoms with van der Waals surface area (Å²) in [6.45, 7) is 6.45. The van der Waals surface area contributed by atoms with Gasteiger partial charge in [0.25, 0.3) is 0 Å². The number of rotatable bonds is 6. The summed E-state index contributed by atoms with van der Waals surface area (Å²) in [5.41, 5.74) is 0. The number of aliphatic hydroxyl groups excluding tert-OH is 2. The van der Waals surface area contributed by atoms with Crippen molar-refractivity contribution in [3.05, 3.63) is 0 Å². The molecule has 4 unspecified atom stereocenters. The number of fused-ring (bicyclic) bond motifs is 1. The van der Waals surface area contributed by atoms with E-state index in [2.05, 4.69) is 9.80 Å². The molecule has 2 saturated heterocycles. The van der Waals surface area contributed by atoms with Gasteiger partial charge in [-0.3, -0.25) is 9.80 Å². The van der Waals surface area contributed by atoms with Gasteiger partial charge in [-0.05, 0) is 12.8 Å². The van der Waals surface area contributed by atoms with Crippen LogP contribution in [0.25, 0.3) is 0 Å². The first-order chi connectivity index (χ1) is 9.86. The highest BCUT2D eigenvalue weighted by Crippen LogP contribution is 2.27. The fourth-order valence-electron chi connectivity index (χ4n) is 3.35. The highest BCUT2D eigenvalue weighted by atomic mass is 32.2. The van der Waals surface area contributed by atoms with Gasteiger partial charge in [-0.2, -0.15) is 0 Å². The average molecular weight is 320 g/mol. The quantitative estimate of drug-likeness (QED) is 0.674. The Morgan fingerprint density at radius 1 is 0.952 bits per heavy atom. The van der Waals surface area contributed by atoms with E-state index in [-0.39, 0.29) is 23.6 Å². The number of piperazine rings is 1. The minimum atomic E-state index is -3.03. The van der Waals surface area contributed by atoms with Crippen LogP contribution in [0.3, 0.4) is 0 Å². The Balaban J connectivity index is 2.09. The van der Waals surface area contributed by atoms with Crippen molar-refractivity contribution in [2.24, 2.45) is 0 Å². The van der Waals surface area contributed by atoms with Crippen LogP contribution in [0.5, 0.6) is 0 Å². The Labute approximate surface area is 127 Å². The normalized spacial score (nSPS) is 32.8. The molecule has 0 spiro atoms. The summed E-state index contributed by atoms with van der Waals surface area (Å²) in [6, 6.07) is -0.0944. The Kier molecular flexibility index (Phi) is 5.65. The Morgan fingerprint density at radius 2 is 1.33 bits per heavy atom. The molecule has 0 aliphatic carbocycles. The van der Waals surface area contributed by atoms with Crippen LogP contribution in [0.4, 0.5) is 0 Å². The van der Waals surface area contributed by atoms with E-state index < -0.39 is 22.0 Å². The molecule has 2 N–H and O–H groups in total. The summed E-state index contributed by atoms with van der Waals surface area (Å²) < 4.78 is 24.0. The van der Waals surface area contributed by atoms with E-state index in [0.29, 0.717) is 25.9 Å². The Bertz CT molecular complexity index is 408. The van der Waals surface area contributed by atoms with Crippen LogP contribution in [0.1, 0.15) is 26.7 Å². The lowest BCUT2D eigenvalue weighted by Crippen LogP contribution is -2.61. The van der Waals surface area contributed by atoms with E-state index in [0.717, 1.165) is 13.1 Å². The lowest BCUT2D eigenvalue weighted by molar-refractivity contribution is -0.00560. The average Bonchev–Trinajstić information content (AvgIpc) is 2.77. The monoisotopic (exact) mass is 320 g/mol. The van der Waals surface area contributed by atoms with E-state index in [1.165, 1.54) is 0 Å². The predicted octanol–water partition coefficient (Wildman–Crippen LogP) is -0.689. The maximum Gasteiger partial charge on any atom is 0.153 e. The summed E-state index contributed by atoms with van der Waals surface area (Å²) in [5, 5.41) is 19.7. The van der Waals surface area contributed by atoms with Crippen LogP contribution in [0.15, 0.2) is 0 Å². The second kappa shape index (κ2) is 6.91. The predicted molar refractivity (Wildman–Crippen MR) is 82.0 cm³/mol. The van der Waals surface area contributed by atoms with Gasteiger partial charge in [0.15, 0.2) is 9.84 Å². The molecular weight excluding hydrogens is 292 g/mol. The topological polar surface area (TPSA) is 81.1 Å². The molecule has 0 aromatic carbocycles. The van der Waals surface area contributed by atoms with Gasteiger partial charge in [0.1, 0.15) is 0 Å². The van der Waals surface area contributed by atoms with Crippen molar-refractivity contribution in [2.45, 2.75) is 51.0 Å². The SMILES string of the molecule is CCC(O)CN1CCN(CC(O)CC)C2CS(=O)(=O)CC21. The fraction of sp³-hybridized carbons (Fsp3) is 1.00. The van der Waals surface area contributed by atoms with Crippen molar-refractivity contribution in [1.29, 1.82) is 0 Å². The van der Waals surface area contributed by atoms with E-state index in [9.17, 15) is 18.6 Å². The fourth-order valence-corrected chi connectivity index (χ4v) is 5.39. The van der Waals surface area contributed by atoms with Gasteiger partial charge in [-0.25, -0.2) is 8.42 Å². The number of hydrogen-bond donors (Lipinski definition) is 2. The summed E-state index contributed by atoms with van der Waals surface area (Å²) >= 11 is 0. The lowest BCUT2D eigenvalue weighted by Gasteiger charge is -2.45. The van der Waals surface area contributed by atoms with Crippen molar-refractivity contribution in [3.8, 4) is 0 Å². The van der Waals surface area contributed by atoms with Gasteiger partial charge in [0, 0.05) is 38.3 Å². The molecular formula is C14H28N2O4S. The molecule has 0 bridgehead atoms. The smallest absolute Gasteiger partial charge is 0.153 e. The lowest BCUT2D eigenvalue weighted by atomic mass is 10.0. The molecule has 0 radical (unpaired) electrons. The molecule has 0 amide bonds. The van der Waals surface area contributed by atoms with Gasteiger partial charge in [0.2, 0.25) is 0 Å². The molecule has 2 rings (SSSR count).